The number of carbonyl (C=O) groups is 1. The highest BCUT2D eigenvalue weighted by atomic mass is 79.9. The molecule has 0 aliphatic heterocycles. The maximum absolute atomic E-state index is 12.2. The summed E-state index contributed by atoms with van der Waals surface area (Å²) in [5.74, 6) is 0.584. The minimum Gasteiger partial charge on any atom is -0.359 e. The lowest BCUT2D eigenvalue weighted by Gasteiger charge is -2.22. The number of amides is 1. The van der Waals surface area contributed by atoms with Gasteiger partial charge in [0.25, 0.3) is 0 Å². The van der Waals surface area contributed by atoms with Gasteiger partial charge in [0.05, 0.1) is 11.1 Å². The van der Waals surface area contributed by atoms with Gasteiger partial charge in [0.2, 0.25) is 11.9 Å². The molecule has 1 saturated carbocycles. The van der Waals surface area contributed by atoms with E-state index in [1.807, 2.05) is 25.1 Å². The van der Waals surface area contributed by atoms with Crippen LogP contribution in [-0.2, 0) is 11.2 Å². The predicted molar refractivity (Wildman–Crippen MR) is 126 cm³/mol. The highest BCUT2D eigenvalue weighted by Gasteiger charge is 2.40. The SMILES string of the molecule is CNC(=O)[C@]1(C)CC[C@@H](Nc2ncc3c(Br)nn(-c4cc(Cl)cc(CCN)c4)c3n2)C1. The van der Waals surface area contributed by atoms with Crippen LogP contribution in [0.15, 0.2) is 29.0 Å². The number of nitrogens with two attached hydrogens (primary N) is 1. The van der Waals surface area contributed by atoms with Gasteiger partial charge in [-0.05, 0) is 71.9 Å². The van der Waals surface area contributed by atoms with Crippen molar-refractivity contribution in [3.8, 4) is 5.69 Å². The summed E-state index contributed by atoms with van der Waals surface area (Å²) in [6.45, 7) is 2.54. The zero-order valence-electron chi connectivity index (χ0n) is 17.5. The van der Waals surface area contributed by atoms with Crippen molar-refractivity contribution in [1.29, 1.82) is 0 Å². The molecule has 0 unspecified atom stereocenters. The monoisotopic (exact) mass is 505 g/mol. The topological polar surface area (TPSA) is 111 Å². The molecular weight excluding hydrogens is 482 g/mol. The van der Waals surface area contributed by atoms with Gasteiger partial charge in [-0.25, -0.2) is 9.67 Å². The molecular formula is C21H25BrClN7O. The molecule has 4 N–H and O–H groups in total. The van der Waals surface area contributed by atoms with Gasteiger partial charge in [0.15, 0.2) is 5.65 Å². The zero-order valence-corrected chi connectivity index (χ0v) is 19.8. The van der Waals surface area contributed by atoms with Crippen LogP contribution in [0, 0.1) is 5.41 Å². The molecule has 8 nitrogen and oxygen atoms in total. The highest BCUT2D eigenvalue weighted by molar-refractivity contribution is 9.10. The molecule has 2 heterocycles. The average molecular weight is 507 g/mol. The molecule has 31 heavy (non-hydrogen) atoms. The van der Waals surface area contributed by atoms with Crippen LogP contribution in [0.1, 0.15) is 31.7 Å². The number of aromatic nitrogens is 4. The number of nitrogens with zero attached hydrogens (tertiary/aromatic N) is 4. The third-order valence-corrected chi connectivity index (χ3v) is 6.65. The van der Waals surface area contributed by atoms with Crippen molar-refractivity contribution >= 4 is 50.4 Å². The summed E-state index contributed by atoms with van der Waals surface area (Å²) in [7, 11) is 1.68. The van der Waals surface area contributed by atoms with Gasteiger partial charge in [0, 0.05) is 29.7 Å². The van der Waals surface area contributed by atoms with Gasteiger partial charge in [-0.1, -0.05) is 18.5 Å². The lowest BCUT2D eigenvalue weighted by molar-refractivity contribution is -0.129. The van der Waals surface area contributed by atoms with Crippen LogP contribution in [-0.4, -0.2) is 45.3 Å². The Hall–Kier alpha value is -2.23. The molecule has 1 aromatic carbocycles. The van der Waals surface area contributed by atoms with Gasteiger partial charge in [-0.3, -0.25) is 4.79 Å². The standard InChI is InChI=1S/C21H25BrClN7O/c1-21(19(31)25-2)5-3-14(10-21)27-20-26-11-16-17(22)29-30(18(16)28-20)15-8-12(4-6-24)7-13(23)9-15/h7-9,11,14H,3-6,10,24H2,1-2H3,(H,25,31)(H,26,27,28)/t14-,21-/m1/s1. The summed E-state index contributed by atoms with van der Waals surface area (Å²) >= 11 is 9.84. The third kappa shape index (κ3) is 4.40. The fourth-order valence-corrected chi connectivity index (χ4v) is 4.93. The molecule has 1 fully saturated rings. The second-order valence-electron chi connectivity index (χ2n) is 8.21. The lowest BCUT2D eigenvalue weighted by Crippen LogP contribution is -2.35. The van der Waals surface area contributed by atoms with Crippen LogP contribution in [0.3, 0.4) is 0 Å². The molecule has 164 valence electrons. The van der Waals surface area contributed by atoms with Gasteiger partial charge < -0.3 is 16.4 Å². The van der Waals surface area contributed by atoms with E-state index in [9.17, 15) is 4.79 Å². The summed E-state index contributed by atoms with van der Waals surface area (Å²) in [6.07, 6.45) is 4.90. The maximum atomic E-state index is 12.2. The van der Waals surface area contributed by atoms with Crippen molar-refractivity contribution in [3.63, 3.8) is 0 Å². The Kier molecular flexibility index (Phi) is 6.18. The Morgan fingerprint density at radius 2 is 2.23 bits per heavy atom. The van der Waals surface area contributed by atoms with Crippen molar-refractivity contribution in [3.05, 3.63) is 39.6 Å². The van der Waals surface area contributed by atoms with E-state index in [1.54, 1.807) is 17.9 Å². The van der Waals surface area contributed by atoms with Crippen LogP contribution in [0.2, 0.25) is 5.02 Å². The Morgan fingerprint density at radius 1 is 1.42 bits per heavy atom. The van der Waals surface area contributed by atoms with Crippen molar-refractivity contribution < 1.29 is 4.79 Å². The maximum Gasteiger partial charge on any atom is 0.225 e. The molecule has 2 atom stereocenters. The number of rotatable bonds is 6. The van der Waals surface area contributed by atoms with Crippen LogP contribution in [0.25, 0.3) is 16.7 Å². The van der Waals surface area contributed by atoms with Crippen LogP contribution in [0.5, 0.6) is 0 Å². The van der Waals surface area contributed by atoms with Crippen molar-refractivity contribution in [2.45, 2.75) is 38.6 Å². The van der Waals surface area contributed by atoms with Gasteiger partial charge in [-0.2, -0.15) is 10.1 Å². The molecule has 2 aromatic heterocycles. The molecule has 0 spiro atoms. The highest BCUT2D eigenvalue weighted by Crippen LogP contribution is 2.39. The predicted octanol–water partition coefficient (Wildman–Crippen LogP) is 3.45. The largest absolute Gasteiger partial charge is 0.359 e. The van der Waals surface area contributed by atoms with E-state index in [2.05, 4.69) is 36.6 Å². The number of carbonyl (C=O) groups excluding carboxylic acids is 1. The lowest BCUT2D eigenvalue weighted by atomic mass is 9.87. The first-order chi connectivity index (χ1) is 14.8. The molecule has 1 amide bonds. The Morgan fingerprint density at radius 3 is 2.97 bits per heavy atom. The molecule has 10 heteroatoms. The summed E-state index contributed by atoms with van der Waals surface area (Å²) in [4.78, 5) is 21.4. The number of halogens is 2. The van der Waals surface area contributed by atoms with E-state index in [1.165, 1.54) is 0 Å². The second-order valence-corrected chi connectivity index (χ2v) is 9.40. The molecule has 4 rings (SSSR count). The van der Waals surface area contributed by atoms with E-state index in [0.717, 1.165) is 42.3 Å². The number of fused-ring (bicyclic) bond motifs is 1. The smallest absolute Gasteiger partial charge is 0.225 e. The van der Waals surface area contributed by atoms with Crippen LogP contribution in [0.4, 0.5) is 5.95 Å². The summed E-state index contributed by atoms with van der Waals surface area (Å²) < 4.78 is 2.41. The van der Waals surface area contributed by atoms with E-state index < -0.39 is 0 Å². The summed E-state index contributed by atoms with van der Waals surface area (Å²) in [6, 6.07) is 5.89. The number of hydrogen-bond acceptors (Lipinski definition) is 6. The zero-order chi connectivity index (χ0) is 22.2. The first kappa shape index (κ1) is 22.0. The number of anilines is 1. The van der Waals surface area contributed by atoms with Crippen molar-refractivity contribution in [2.75, 3.05) is 18.9 Å². The molecule has 0 radical (unpaired) electrons. The Bertz CT molecular complexity index is 1130. The number of benzene rings is 1. The second kappa shape index (κ2) is 8.72. The van der Waals surface area contributed by atoms with Crippen molar-refractivity contribution in [2.24, 2.45) is 11.1 Å². The summed E-state index contributed by atoms with van der Waals surface area (Å²) in [5.41, 5.74) is 7.85. The van der Waals surface area contributed by atoms with Gasteiger partial charge in [-0.15, -0.1) is 0 Å². The van der Waals surface area contributed by atoms with E-state index >= 15 is 0 Å². The molecule has 3 aromatic rings. The van der Waals surface area contributed by atoms with E-state index in [0.29, 0.717) is 27.8 Å². The minimum atomic E-state index is -0.374. The van der Waals surface area contributed by atoms with Crippen LogP contribution < -0.4 is 16.4 Å². The van der Waals surface area contributed by atoms with Gasteiger partial charge in [0.1, 0.15) is 4.60 Å². The Balaban J connectivity index is 1.65. The minimum absolute atomic E-state index is 0.0735. The quantitative estimate of drug-likeness (QED) is 0.472. The summed E-state index contributed by atoms with van der Waals surface area (Å²) in [5, 5.41) is 12.2. The first-order valence-electron chi connectivity index (χ1n) is 10.2. The first-order valence-corrected chi connectivity index (χ1v) is 11.4. The Labute approximate surface area is 194 Å². The number of hydrogen-bond donors (Lipinski definition) is 3. The van der Waals surface area contributed by atoms with Crippen molar-refractivity contribution in [1.82, 2.24) is 25.1 Å². The van der Waals surface area contributed by atoms with Gasteiger partial charge >= 0.3 is 0 Å². The third-order valence-electron chi connectivity index (χ3n) is 5.85. The molecule has 0 bridgehead atoms. The van der Waals surface area contributed by atoms with E-state index in [4.69, 9.17) is 22.3 Å². The fourth-order valence-electron chi connectivity index (χ4n) is 4.24. The van der Waals surface area contributed by atoms with E-state index in [-0.39, 0.29) is 17.4 Å². The van der Waals surface area contributed by atoms with Crippen LogP contribution >= 0.6 is 27.5 Å². The molecule has 1 aliphatic rings. The average Bonchev–Trinajstić information content (AvgIpc) is 3.28. The fraction of sp³-hybridized carbons (Fsp3) is 0.429. The normalized spacial score (nSPS) is 20.9. The number of nitrogens with one attached hydrogen (secondary N) is 2. The molecule has 0 saturated heterocycles. The molecule has 1 aliphatic carbocycles.